The number of likely N-dealkylation sites (N-methyl/N-ethyl adjacent to an activating group) is 1. The molecule has 1 fully saturated rings. The fourth-order valence-electron chi connectivity index (χ4n) is 2.91. The van der Waals surface area contributed by atoms with E-state index in [9.17, 15) is 14.0 Å². The molecule has 1 aliphatic heterocycles. The number of hydrogen-bond acceptors (Lipinski definition) is 4. The summed E-state index contributed by atoms with van der Waals surface area (Å²) < 4.78 is 18.5. The van der Waals surface area contributed by atoms with E-state index in [2.05, 4.69) is 5.32 Å². The SMILES string of the molecule is CC1CN(C(=O)C(C)N(C)CC(=O)Nc2ccc(F)cc2)CC(C)O1. The largest absolute Gasteiger partial charge is 0.372 e. The van der Waals surface area contributed by atoms with Crippen LogP contribution in [0.15, 0.2) is 24.3 Å². The number of morpholine rings is 1. The lowest BCUT2D eigenvalue weighted by molar-refractivity contribution is -0.148. The first kappa shape index (κ1) is 19.3. The third-order valence-electron chi connectivity index (χ3n) is 4.27. The van der Waals surface area contributed by atoms with Crippen LogP contribution in [-0.2, 0) is 14.3 Å². The van der Waals surface area contributed by atoms with Gasteiger partial charge in [-0.2, -0.15) is 0 Å². The number of ether oxygens (including phenoxy) is 1. The van der Waals surface area contributed by atoms with Gasteiger partial charge in [0.05, 0.1) is 24.8 Å². The zero-order valence-corrected chi connectivity index (χ0v) is 15.2. The first-order valence-electron chi connectivity index (χ1n) is 8.46. The van der Waals surface area contributed by atoms with Crippen LogP contribution < -0.4 is 5.32 Å². The predicted molar refractivity (Wildman–Crippen MR) is 93.7 cm³/mol. The van der Waals surface area contributed by atoms with Crippen LogP contribution in [0.2, 0.25) is 0 Å². The monoisotopic (exact) mass is 351 g/mol. The van der Waals surface area contributed by atoms with Crippen molar-refractivity contribution in [2.75, 3.05) is 32.0 Å². The molecule has 25 heavy (non-hydrogen) atoms. The van der Waals surface area contributed by atoms with Crippen molar-refractivity contribution in [1.29, 1.82) is 0 Å². The summed E-state index contributed by atoms with van der Waals surface area (Å²) >= 11 is 0. The number of anilines is 1. The zero-order valence-electron chi connectivity index (χ0n) is 15.2. The Morgan fingerprint density at radius 1 is 1.28 bits per heavy atom. The number of hydrogen-bond donors (Lipinski definition) is 1. The van der Waals surface area contributed by atoms with E-state index in [0.717, 1.165) is 0 Å². The maximum Gasteiger partial charge on any atom is 0.239 e. The molecule has 2 amide bonds. The molecular weight excluding hydrogens is 325 g/mol. The topological polar surface area (TPSA) is 61.9 Å². The van der Waals surface area contributed by atoms with Crippen LogP contribution in [0.1, 0.15) is 20.8 Å². The number of benzene rings is 1. The van der Waals surface area contributed by atoms with Gasteiger partial charge in [-0.05, 0) is 52.1 Å². The summed E-state index contributed by atoms with van der Waals surface area (Å²) in [6.07, 6.45) is 0.0129. The summed E-state index contributed by atoms with van der Waals surface area (Å²) in [4.78, 5) is 28.3. The second-order valence-electron chi connectivity index (χ2n) is 6.65. The van der Waals surface area contributed by atoms with E-state index < -0.39 is 6.04 Å². The van der Waals surface area contributed by atoms with Crippen molar-refractivity contribution in [2.24, 2.45) is 0 Å². The van der Waals surface area contributed by atoms with E-state index in [4.69, 9.17) is 4.74 Å². The van der Waals surface area contributed by atoms with Crippen molar-refractivity contribution < 1.29 is 18.7 Å². The summed E-state index contributed by atoms with van der Waals surface area (Å²) in [5.74, 6) is -0.625. The maximum absolute atomic E-state index is 12.9. The van der Waals surface area contributed by atoms with Crippen LogP contribution in [-0.4, -0.2) is 66.5 Å². The quantitative estimate of drug-likeness (QED) is 0.877. The van der Waals surface area contributed by atoms with Crippen molar-refractivity contribution in [1.82, 2.24) is 9.80 Å². The lowest BCUT2D eigenvalue weighted by Crippen LogP contribution is -2.54. The van der Waals surface area contributed by atoms with Crippen LogP contribution >= 0.6 is 0 Å². The Morgan fingerprint density at radius 3 is 2.40 bits per heavy atom. The molecule has 0 aromatic heterocycles. The van der Waals surface area contributed by atoms with Crippen molar-refractivity contribution in [2.45, 2.75) is 39.0 Å². The Labute approximate surface area is 147 Å². The molecule has 138 valence electrons. The van der Waals surface area contributed by atoms with Crippen molar-refractivity contribution in [3.63, 3.8) is 0 Å². The minimum absolute atomic E-state index is 0.00646. The predicted octanol–water partition coefficient (Wildman–Crippen LogP) is 1.72. The molecule has 1 aliphatic rings. The average molecular weight is 351 g/mol. The number of nitrogens with one attached hydrogen (secondary N) is 1. The Hall–Kier alpha value is -1.99. The highest BCUT2D eigenvalue weighted by Crippen LogP contribution is 2.14. The third kappa shape index (κ3) is 5.51. The molecule has 1 heterocycles. The van der Waals surface area contributed by atoms with Gasteiger partial charge in [0.1, 0.15) is 5.82 Å². The first-order valence-corrected chi connectivity index (χ1v) is 8.46. The number of carbonyl (C=O) groups excluding carboxylic acids is 2. The minimum atomic E-state index is -0.420. The third-order valence-corrected chi connectivity index (χ3v) is 4.27. The molecule has 0 spiro atoms. The smallest absolute Gasteiger partial charge is 0.239 e. The van der Waals surface area contributed by atoms with Crippen LogP contribution in [0.4, 0.5) is 10.1 Å². The molecule has 2 rings (SSSR count). The number of amides is 2. The van der Waals surface area contributed by atoms with E-state index in [0.29, 0.717) is 18.8 Å². The van der Waals surface area contributed by atoms with Gasteiger partial charge in [-0.15, -0.1) is 0 Å². The molecule has 6 nitrogen and oxygen atoms in total. The van der Waals surface area contributed by atoms with Gasteiger partial charge in [-0.3, -0.25) is 14.5 Å². The van der Waals surface area contributed by atoms with Gasteiger partial charge in [0.2, 0.25) is 11.8 Å². The molecule has 1 saturated heterocycles. The number of carbonyl (C=O) groups is 2. The molecular formula is C18H26FN3O3. The van der Waals surface area contributed by atoms with E-state index in [1.165, 1.54) is 24.3 Å². The van der Waals surface area contributed by atoms with Crippen LogP contribution in [0.5, 0.6) is 0 Å². The second kappa shape index (κ2) is 8.40. The zero-order chi connectivity index (χ0) is 18.6. The normalized spacial score (nSPS) is 21.9. The number of halogens is 1. The van der Waals surface area contributed by atoms with Crippen molar-refractivity contribution in [3.8, 4) is 0 Å². The Kier molecular flexibility index (Phi) is 6.50. The summed E-state index contributed by atoms with van der Waals surface area (Å²) in [5.41, 5.74) is 0.523. The van der Waals surface area contributed by atoms with Gasteiger partial charge in [0.15, 0.2) is 0 Å². The molecule has 0 saturated carbocycles. The Balaban J connectivity index is 1.88. The molecule has 0 bridgehead atoms. The fourth-order valence-corrected chi connectivity index (χ4v) is 2.91. The summed E-state index contributed by atoms with van der Waals surface area (Å²) in [6.45, 7) is 6.87. The summed E-state index contributed by atoms with van der Waals surface area (Å²) in [5, 5.41) is 2.70. The second-order valence-corrected chi connectivity index (χ2v) is 6.65. The standard InChI is InChI=1S/C18H26FN3O3/c1-12-9-22(10-13(2)25-12)18(24)14(3)21(4)11-17(23)20-16-7-5-15(19)6-8-16/h5-8,12-14H,9-11H2,1-4H3,(H,20,23). The molecule has 0 aliphatic carbocycles. The van der Waals surface area contributed by atoms with E-state index in [1.807, 2.05) is 13.8 Å². The van der Waals surface area contributed by atoms with Crippen molar-refractivity contribution in [3.05, 3.63) is 30.1 Å². The van der Waals surface area contributed by atoms with Gasteiger partial charge in [-0.25, -0.2) is 4.39 Å². The Morgan fingerprint density at radius 2 is 1.84 bits per heavy atom. The van der Waals surface area contributed by atoms with Gasteiger partial charge < -0.3 is 15.0 Å². The lowest BCUT2D eigenvalue weighted by Gasteiger charge is -2.38. The lowest BCUT2D eigenvalue weighted by atomic mass is 10.2. The molecule has 1 aromatic carbocycles. The molecule has 1 aromatic rings. The highest BCUT2D eigenvalue weighted by Gasteiger charge is 2.30. The molecule has 3 atom stereocenters. The first-order chi connectivity index (χ1) is 11.8. The molecule has 0 radical (unpaired) electrons. The maximum atomic E-state index is 12.9. The van der Waals surface area contributed by atoms with Gasteiger partial charge in [0.25, 0.3) is 0 Å². The minimum Gasteiger partial charge on any atom is -0.372 e. The molecule has 7 heteroatoms. The van der Waals surface area contributed by atoms with Gasteiger partial charge >= 0.3 is 0 Å². The van der Waals surface area contributed by atoms with E-state index >= 15 is 0 Å². The van der Waals surface area contributed by atoms with E-state index in [-0.39, 0.29) is 36.4 Å². The highest BCUT2D eigenvalue weighted by molar-refractivity contribution is 5.92. The van der Waals surface area contributed by atoms with Crippen LogP contribution in [0.3, 0.4) is 0 Å². The van der Waals surface area contributed by atoms with Crippen LogP contribution in [0, 0.1) is 5.82 Å². The Bertz CT molecular complexity index is 598. The number of nitrogens with zero attached hydrogens (tertiary/aromatic N) is 2. The molecule has 3 unspecified atom stereocenters. The van der Waals surface area contributed by atoms with Gasteiger partial charge in [0, 0.05) is 18.8 Å². The summed E-state index contributed by atoms with van der Waals surface area (Å²) in [7, 11) is 1.74. The van der Waals surface area contributed by atoms with E-state index in [1.54, 1.807) is 23.8 Å². The average Bonchev–Trinajstić information content (AvgIpc) is 2.54. The fraction of sp³-hybridized carbons (Fsp3) is 0.556. The molecule has 1 N–H and O–H groups in total. The van der Waals surface area contributed by atoms with Crippen LogP contribution in [0.25, 0.3) is 0 Å². The van der Waals surface area contributed by atoms with Crippen molar-refractivity contribution >= 4 is 17.5 Å². The highest BCUT2D eigenvalue weighted by atomic mass is 19.1. The summed E-state index contributed by atoms with van der Waals surface area (Å²) in [6, 6.07) is 5.14. The number of rotatable bonds is 5. The van der Waals surface area contributed by atoms with Gasteiger partial charge in [-0.1, -0.05) is 0 Å².